The van der Waals surface area contributed by atoms with Gasteiger partial charge in [-0.1, -0.05) is 6.07 Å². The van der Waals surface area contributed by atoms with E-state index in [4.69, 9.17) is 9.47 Å². The van der Waals surface area contributed by atoms with Crippen molar-refractivity contribution in [3.8, 4) is 5.75 Å². The summed E-state index contributed by atoms with van der Waals surface area (Å²) >= 11 is 0. The van der Waals surface area contributed by atoms with Gasteiger partial charge in [0, 0.05) is 13.5 Å². The van der Waals surface area contributed by atoms with Crippen LogP contribution in [-0.2, 0) is 22.6 Å². The zero-order valence-electron chi connectivity index (χ0n) is 9.46. The number of carbonyl (C=O) groups excluding carboxylic acids is 1. The molecule has 0 fully saturated rings. The number of carbonyl (C=O) groups is 1. The van der Waals surface area contributed by atoms with E-state index in [0.717, 1.165) is 11.8 Å². The fourth-order valence-electron chi connectivity index (χ4n) is 1.60. The lowest BCUT2D eigenvalue weighted by Crippen LogP contribution is -2.02. The highest BCUT2D eigenvalue weighted by molar-refractivity contribution is 5.51. The molecule has 0 amide bonds. The number of aldehydes is 1. The molecule has 0 N–H and O–H groups in total. The third kappa shape index (κ3) is 2.79. The number of halogens is 1. The molecule has 1 rings (SSSR count). The zero-order chi connectivity index (χ0) is 12.0. The number of hydrogen-bond donors (Lipinski definition) is 0. The van der Waals surface area contributed by atoms with Gasteiger partial charge in [0.05, 0.1) is 19.3 Å². The maximum Gasteiger partial charge on any atom is 0.132 e. The Morgan fingerprint density at radius 2 is 2.12 bits per heavy atom. The Hall–Kier alpha value is -1.42. The van der Waals surface area contributed by atoms with E-state index in [1.54, 1.807) is 6.07 Å². The molecule has 0 unspecified atom stereocenters. The van der Waals surface area contributed by atoms with E-state index in [9.17, 15) is 9.18 Å². The van der Waals surface area contributed by atoms with Crippen LogP contribution in [0.3, 0.4) is 0 Å². The first-order chi connectivity index (χ1) is 7.74. The Labute approximate surface area is 94.2 Å². The third-order valence-corrected chi connectivity index (χ3v) is 2.31. The quantitative estimate of drug-likeness (QED) is 0.697. The number of rotatable bonds is 6. The fraction of sp³-hybridized carbons (Fsp3) is 0.417. The van der Waals surface area contributed by atoms with Crippen LogP contribution in [0, 0.1) is 5.82 Å². The molecule has 0 atom stereocenters. The molecule has 0 bridgehead atoms. The van der Waals surface area contributed by atoms with Gasteiger partial charge in [0.25, 0.3) is 0 Å². The minimum Gasteiger partial charge on any atom is -0.496 e. The van der Waals surface area contributed by atoms with Crippen LogP contribution in [0.5, 0.6) is 5.75 Å². The van der Waals surface area contributed by atoms with Crippen LogP contribution in [0.4, 0.5) is 4.39 Å². The summed E-state index contributed by atoms with van der Waals surface area (Å²) in [5.41, 5.74) is 1.22. The minimum absolute atomic E-state index is 0.157. The van der Waals surface area contributed by atoms with Crippen molar-refractivity contribution in [3.05, 3.63) is 29.1 Å². The Balaban J connectivity index is 3.08. The molecule has 3 nitrogen and oxygen atoms in total. The van der Waals surface area contributed by atoms with Crippen molar-refractivity contribution in [3.63, 3.8) is 0 Å². The lowest BCUT2D eigenvalue weighted by molar-refractivity contribution is -0.107. The van der Waals surface area contributed by atoms with Gasteiger partial charge in [0.2, 0.25) is 0 Å². The van der Waals surface area contributed by atoms with E-state index < -0.39 is 0 Å². The topological polar surface area (TPSA) is 35.5 Å². The van der Waals surface area contributed by atoms with Crippen LogP contribution in [0.1, 0.15) is 17.5 Å². The molecule has 0 heterocycles. The van der Waals surface area contributed by atoms with Gasteiger partial charge in [-0.25, -0.2) is 4.39 Å². The molecular formula is C12H15FO3. The Morgan fingerprint density at radius 3 is 2.69 bits per heavy atom. The number of ether oxygens (including phenoxy) is 2. The molecule has 1 aromatic carbocycles. The van der Waals surface area contributed by atoms with Crippen molar-refractivity contribution in [2.45, 2.75) is 19.4 Å². The number of benzene rings is 1. The average Bonchev–Trinajstić information content (AvgIpc) is 2.30. The molecule has 1 aromatic rings. The monoisotopic (exact) mass is 226 g/mol. The van der Waals surface area contributed by atoms with Gasteiger partial charge in [0.1, 0.15) is 17.9 Å². The van der Waals surface area contributed by atoms with Crippen LogP contribution < -0.4 is 4.74 Å². The molecule has 0 aliphatic carbocycles. The largest absolute Gasteiger partial charge is 0.496 e. The zero-order valence-corrected chi connectivity index (χ0v) is 9.46. The summed E-state index contributed by atoms with van der Waals surface area (Å²) in [5, 5.41) is 0. The van der Waals surface area contributed by atoms with Gasteiger partial charge in [-0.15, -0.1) is 0 Å². The maximum absolute atomic E-state index is 13.5. The summed E-state index contributed by atoms with van der Waals surface area (Å²) in [6.45, 7) is 0.157. The van der Waals surface area contributed by atoms with Gasteiger partial charge in [-0.2, -0.15) is 0 Å². The summed E-state index contributed by atoms with van der Waals surface area (Å²) in [7, 11) is 2.98. The fourth-order valence-corrected chi connectivity index (χ4v) is 1.60. The first-order valence-electron chi connectivity index (χ1n) is 5.01. The second-order valence-corrected chi connectivity index (χ2v) is 3.36. The summed E-state index contributed by atoms with van der Waals surface area (Å²) in [4.78, 5) is 10.3. The number of aryl methyl sites for hydroxylation is 1. The van der Waals surface area contributed by atoms with Crippen molar-refractivity contribution in [2.75, 3.05) is 14.2 Å². The summed E-state index contributed by atoms with van der Waals surface area (Å²) in [5.74, 6) is 0.122. The van der Waals surface area contributed by atoms with Crippen molar-refractivity contribution in [1.29, 1.82) is 0 Å². The van der Waals surface area contributed by atoms with E-state index in [1.165, 1.54) is 20.3 Å². The molecule has 0 aromatic heterocycles. The molecule has 0 aliphatic rings. The molecule has 0 saturated carbocycles. The van der Waals surface area contributed by atoms with Gasteiger partial charge >= 0.3 is 0 Å². The predicted octanol–water partition coefficient (Wildman–Crippen LogP) is 2.11. The predicted molar refractivity (Wildman–Crippen MR) is 58.1 cm³/mol. The van der Waals surface area contributed by atoms with Gasteiger partial charge < -0.3 is 14.3 Å². The van der Waals surface area contributed by atoms with E-state index in [1.807, 2.05) is 0 Å². The van der Waals surface area contributed by atoms with Crippen molar-refractivity contribution >= 4 is 6.29 Å². The highest BCUT2D eigenvalue weighted by atomic mass is 19.1. The number of methoxy groups -OCH3 is 2. The van der Waals surface area contributed by atoms with E-state index in [0.29, 0.717) is 24.2 Å². The first kappa shape index (κ1) is 12.6. The molecule has 0 spiro atoms. The minimum atomic E-state index is -0.353. The maximum atomic E-state index is 13.5. The van der Waals surface area contributed by atoms with E-state index >= 15 is 0 Å². The molecule has 4 heteroatoms. The molecule has 88 valence electrons. The lowest BCUT2D eigenvalue weighted by Gasteiger charge is -2.13. The molecule has 0 aliphatic heterocycles. The molecule has 0 radical (unpaired) electrons. The van der Waals surface area contributed by atoms with Crippen LogP contribution >= 0.6 is 0 Å². The van der Waals surface area contributed by atoms with Crippen molar-refractivity contribution in [1.82, 2.24) is 0 Å². The number of hydrogen-bond acceptors (Lipinski definition) is 3. The standard InChI is InChI=1S/C12H15FO3/c1-15-8-10-11(13)6-5-9(4-3-7-14)12(10)16-2/h5-7H,3-4,8H2,1-2H3. The average molecular weight is 226 g/mol. The highest BCUT2D eigenvalue weighted by Crippen LogP contribution is 2.28. The van der Waals surface area contributed by atoms with Gasteiger partial charge in [-0.3, -0.25) is 0 Å². The second-order valence-electron chi connectivity index (χ2n) is 3.36. The molecule has 0 saturated heterocycles. The van der Waals surface area contributed by atoms with Gasteiger partial charge in [-0.05, 0) is 18.1 Å². The summed E-state index contributed by atoms with van der Waals surface area (Å²) in [6, 6.07) is 3.01. The Morgan fingerprint density at radius 1 is 1.38 bits per heavy atom. The van der Waals surface area contributed by atoms with Crippen LogP contribution in [0.2, 0.25) is 0 Å². The first-order valence-corrected chi connectivity index (χ1v) is 5.01. The van der Waals surface area contributed by atoms with Crippen molar-refractivity contribution in [2.24, 2.45) is 0 Å². The smallest absolute Gasteiger partial charge is 0.132 e. The summed E-state index contributed by atoms with van der Waals surface area (Å²) < 4.78 is 23.6. The van der Waals surface area contributed by atoms with Crippen LogP contribution in [0.15, 0.2) is 12.1 Å². The van der Waals surface area contributed by atoms with Crippen molar-refractivity contribution < 1.29 is 18.7 Å². The Kier molecular flexibility index (Phi) is 4.92. The van der Waals surface area contributed by atoms with Crippen LogP contribution in [0.25, 0.3) is 0 Å². The van der Waals surface area contributed by atoms with Gasteiger partial charge in [0.15, 0.2) is 0 Å². The lowest BCUT2D eigenvalue weighted by atomic mass is 10.0. The third-order valence-electron chi connectivity index (χ3n) is 2.31. The second kappa shape index (κ2) is 6.23. The van der Waals surface area contributed by atoms with E-state index in [2.05, 4.69) is 0 Å². The van der Waals surface area contributed by atoms with Crippen LogP contribution in [-0.4, -0.2) is 20.5 Å². The molecular weight excluding hydrogens is 211 g/mol. The molecule has 16 heavy (non-hydrogen) atoms. The SMILES string of the molecule is COCc1c(F)ccc(CCC=O)c1OC. The summed E-state index contributed by atoms with van der Waals surface area (Å²) in [6.07, 6.45) is 1.77. The normalized spacial score (nSPS) is 10.2. The van der Waals surface area contributed by atoms with E-state index in [-0.39, 0.29) is 12.4 Å². The highest BCUT2D eigenvalue weighted by Gasteiger charge is 2.13. The Bertz CT molecular complexity index is 364.